The van der Waals surface area contributed by atoms with Gasteiger partial charge in [0.25, 0.3) is 0 Å². The van der Waals surface area contributed by atoms with Crippen LogP contribution in [0.2, 0.25) is 0 Å². The molecule has 2 aliphatic rings. The maximum atomic E-state index is 6.36. The van der Waals surface area contributed by atoms with E-state index in [1.54, 1.807) is 0 Å². The molecule has 0 bridgehead atoms. The Hall–Kier alpha value is 0.270. The quantitative estimate of drug-likeness (QED) is 0.768. The summed E-state index contributed by atoms with van der Waals surface area (Å²) < 4.78 is 6.07. The second kappa shape index (κ2) is 6.44. The zero-order chi connectivity index (χ0) is 12.1. The highest BCUT2D eigenvalue weighted by Gasteiger charge is 2.41. The molecule has 0 aromatic heterocycles. The van der Waals surface area contributed by atoms with E-state index >= 15 is 0 Å². The van der Waals surface area contributed by atoms with Crippen LogP contribution in [0.4, 0.5) is 0 Å². The molecule has 2 rings (SSSR count). The zero-order valence-electron chi connectivity index (χ0n) is 11.1. The molecule has 2 N–H and O–H groups in total. The first-order chi connectivity index (χ1) is 8.26. The number of rotatable bonds is 5. The molecular formula is C14H27NOS. The molecule has 0 radical (unpaired) electrons. The number of hydrogen-bond donors (Lipinski definition) is 1. The third-order valence-corrected chi connectivity index (χ3v) is 5.63. The Kier molecular flexibility index (Phi) is 5.19. The lowest BCUT2D eigenvalue weighted by molar-refractivity contribution is -0.0951. The molecule has 2 nitrogen and oxygen atoms in total. The normalized spacial score (nSPS) is 29.6. The van der Waals surface area contributed by atoms with E-state index in [0.717, 1.165) is 12.4 Å². The zero-order valence-corrected chi connectivity index (χ0v) is 11.9. The number of nitrogens with two attached hydrogens (primary N) is 1. The SMILES string of the molecule is CCCSCC(N)C1CCOC2(CCCC2)C1. The van der Waals surface area contributed by atoms with Crippen LogP contribution in [0.25, 0.3) is 0 Å². The van der Waals surface area contributed by atoms with Crippen molar-refractivity contribution in [2.75, 3.05) is 18.1 Å². The lowest BCUT2D eigenvalue weighted by Gasteiger charge is -2.40. The highest BCUT2D eigenvalue weighted by Crippen LogP contribution is 2.42. The van der Waals surface area contributed by atoms with Gasteiger partial charge in [0.15, 0.2) is 0 Å². The van der Waals surface area contributed by atoms with Crippen LogP contribution in [0, 0.1) is 5.92 Å². The minimum Gasteiger partial charge on any atom is -0.375 e. The van der Waals surface area contributed by atoms with Gasteiger partial charge in [-0.1, -0.05) is 19.8 Å². The Bertz CT molecular complexity index is 228. The lowest BCUT2D eigenvalue weighted by atomic mass is 9.81. The summed E-state index contributed by atoms with van der Waals surface area (Å²) in [5.74, 6) is 3.09. The van der Waals surface area contributed by atoms with Crippen LogP contribution in [-0.2, 0) is 4.74 Å². The summed E-state index contributed by atoms with van der Waals surface area (Å²) in [6.07, 6.45) is 8.92. The van der Waals surface area contributed by atoms with Crippen LogP contribution in [0.1, 0.15) is 51.9 Å². The minimum absolute atomic E-state index is 0.232. The summed E-state index contributed by atoms with van der Waals surface area (Å²) in [6.45, 7) is 3.18. The molecule has 1 aliphatic carbocycles. The fourth-order valence-electron chi connectivity index (χ4n) is 3.30. The Morgan fingerprint density at radius 3 is 2.88 bits per heavy atom. The van der Waals surface area contributed by atoms with Gasteiger partial charge in [-0.3, -0.25) is 0 Å². The molecule has 2 fully saturated rings. The minimum atomic E-state index is 0.232. The van der Waals surface area contributed by atoms with Crippen LogP contribution in [0.5, 0.6) is 0 Å². The standard InChI is InChI=1S/C14H27NOS/c1-2-9-17-11-13(15)12-5-8-16-14(10-12)6-3-4-7-14/h12-13H,2-11,15H2,1H3. The Labute approximate surface area is 110 Å². The van der Waals surface area contributed by atoms with E-state index in [1.165, 1.54) is 50.7 Å². The van der Waals surface area contributed by atoms with Crippen molar-refractivity contribution in [2.24, 2.45) is 11.7 Å². The van der Waals surface area contributed by atoms with Crippen LogP contribution in [-0.4, -0.2) is 29.8 Å². The van der Waals surface area contributed by atoms with E-state index in [-0.39, 0.29) is 5.60 Å². The maximum Gasteiger partial charge on any atom is 0.0685 e. The molecule has 17 heavy (non-hydrogen) atoms. The van der Waals surface area contributed by atoms with Crippen molar-refractivity contribution >= 4 is 11.8 Å². The van der Waals surface area contributed by atoms with Crippen LogP contribution >= 0.6 is 11.8 Å². The van der Waals surface area contributed by atoms with Crippen molar-refractivity contribution in [1.29, 1.82) is 0 Å². The van der Waals surface area contributed by atoms with E-state index in [9.17, 15) is 0 Å². The van der Waals surface area contributed by atoms with Crippen molar-refractivity contribution in [2.45, 2.75) is 63.5 Å². The van der Waals surface area contributed by atoms with Crippen molar-refractivity contribution in [3.8, 4) is 0 Å². The predicted molar refractivity (Wildman–Crippen MR) is 75.5 cm³/mol. The monoisotopic (exact) mass is 257 g/mol. The van der Waals surface area contributed by atoms with Crippen molar-refractivity contribution in [3.63, 3.8) is 0 Å². The Balaban J connectivity index is 1.79. The van der Waals surface area contributed by atoms with Gasteiger partial charge in [-0.05, 0) is 43.8 Å². The van der Waals surface area contributed by atoms with Gasteiger partial charge in [-0.25, -0.2) is 0 Å². The van der Waals surface area contributed by atoms with Gasteiger partial charge in [0.05, 0.1) is 5.60 Å². The third-order valence-electron chi connectivity index (χ3n) is 4.31. The highest BCUT2D eigenvalue weighted by molar-refractivity contribution is 7.99. The molecule has 2 unspecified atom stereocenters. The van der Waals surface area contributed by atoms with Gasteiger partial charge >= 0.3 is 0 Å². The Morgan fingerprint density at radius 2 is 2.18 bits per heavy atom. The van der Waals surface area contributed by atoms with Crippen LogP contribution in [0.15, 0.2) is 0 Å². The second-order valence-electron chi connectivity index (χ2n) is 5.73. The molecule has 1 saturated carbocycles. The smallest absolute Gasteiger partial charge is 0.0685 e. The van der Waals surface area contributed by atoms with E-state index in [1.807, 2.05) is 11.8 Å². The topological polar surface area (TPSA) is 35.2 Å². The fraction of sp³-hybridized carbons (Fsp3) is 1.00. The molecule has 2 atom stereocenters. The van der Waals surface area contributed by atoms with Crippen molar-refractivity contribution < 1.29 is 4.74 Å². The van der Waals surface area contributed by atoms with Gasteiger partial charge < -0.3 is 10.5 Å². The predicted octanol–water partition coefficient (Wildman–Crippen LogP) is 3.20. The molecule has 1 heterocycles. The van der Waals surface area contributed by atoms with Gasteiger partial charge in [0.2, 0.25) is 0 Å². The first-order valence-corrected chi connectivity index (χ1v) is 8.38. The summed E-state index contributed by atoms with van der Waals surface area (Å²) >= 11 is 2.02. The molecule has 0 aromatic carbocycles. The molecule has 1 spiro atoms. The Morgan fingerprint density at radius 1 is 1.41 bits per heavy atom. The van der Waals surface area contributed by atoms with E-state index in [0.29, 0.717) is 12.0 Å². The summed E-state index contributed by atoms with van der Waals surface area (Å²) in [5, 5.41) is 0. The molecule has 100 valence electrons. The van der Waals surface area contributed by atoms with Crippen LogP contribution < -0.4 is 5.73 Å². The number of ether oxygens (including phenoxy) is 1. The summed E-state index contributed by atoms with van der Waals surface area (Å²) in [4.78, 5) is 0. The highest BCUT2D eigenvalue weighted by atomic mass is 32.2. The van der Waals surface area contributed by atoms with E-state index in [2.05, 4.69) is 6.92 Å². The molecule has 0 aromatic rings. The summed E-state index contributed by atoms with van der Waals surface area (Å²) in [7, 11) is 0. The molecule has 1 aliphatic heterocycles. The van der Waals surface area contributed by atoms with Gasteiger partial charge in [-0.2, -0.15) is 11.8 Å². The largest absolute Gasteiger partial charge is 0.375 e. The van der Waals surface area contributed by atoms with Crippen molar-refractivity contribution in [1.82, 2.24) is 0 Å². The van der Waals surface area contributed by atoms with E-state index < -0.39 is 0 Å². The third kappa shape index (κ3) is 3.62. The molecular weight excluding hydrogens is 230 g/mol. The molecule has 3 heteroatoms. The van der Waals surface area contributed by atoms with Gasteiger partial charge in [0.1, 0.15) is 0 Å². The van der Waals surface area contributed by atoms with E-state index in [4.69, 9.17) is 10.5 Å². The second-order valence-corrected chi connectivity index (χ2v) is 6.88. The summed E-state index contributed by atoms with van der Waals surface area (Å²) in [6, 6.07) is 0.382. The number of thioether (sulfide) groups is 1. The molecule has 0 amide bonds. The first-order valence-electron chi connectivity index (χ1n) is 7.23. The summed E-state index contributed by atoms with van der Waals surface area (Å²) in [5.41, 5.74) is 6.60. The molecule has 1 saturated heterocycles. The number of hydrogen-bond acceptors (Lipinski definition) is 3. The van der Waals surface area contributed by atoms with Gasteiger partial charge in [0, 0.05) is 18.4 Å². The maximum absolute atomic E-state index is 6.36. The van der Waals surface area contributed by atoms with Crippen molar-refractivity contribution in [3.05, 3.63) is 0 Å². The average molecular weight is 257 g/mol. The average Bonchev–Trinajstić information content (AvgIpc) is 2.77. The van der Waals surface area contributed by atoms with Gasteiger partial charge in [-0.15, -0.1) is 0 Å². The lowest BCUT2D eigenvalue weighted by Crippen LogP contribution is -2.44. The first kappa shape index (κ1) is 13.7. The van der Waals surface area contributed by atoms with Crippen LogP contribution in [0.3, 0.4) is 0 Å². The fourth-order valence-corrected chi connectivity index (χ4v) is 4.30.